The zero-order valence-corrected chi connectivity index (χ0v) is 21.5. The van der Waals surface area contributed by atoms with Crippen molar-refractivity contribution in [3.8, 4) is 5.75 Å². The van der Waals surface area contributed by atoms with Crippen LogP contribution in [0.1, 0.15) is 42.5 Å². The highest BCUT2D eigenvalue weighted by Crippen LogP contribution is 2.29. The highest BCUT2D eigenvalue weighted by molar-refractivity contribution is 7.98. The maximum Gasteiger partial charge on any atom is 0.347 e. The summed E-state index contributed by atoms with van der Waals surface area (Å²) in [4.78, 5) is 17.8. The smallest absolute Gasteiger partial charge is 0.347 e. The second-order valence-corrected chi connectivity index (χ2v) is 10.4. The molecule has 5 nitrogen and oxygen atoms in total. The van der Waals surface area contributed by atoms with Crippen LogP contribution in [-0.4, -0.2) is 65.5 Å². The fraction of sp³-hybridized carbons (Fsp3) is 0.519. The fourth-order valence-electron chi connectivity index (χ4n) is 4.32. The lowest BCUT2D eigenvalue weighted by molar-refractivity contribution is -0.152. The quantitative estimate of drug-likeness (QED) is 0.492. The number of aryl methyl sites for hydroxylation is 3. The van der Waals surface area contributed by atoms with Crippen LogP contribution in [-0.2, 0) is 17.8 Å². The summed E-state index contributed by atoms with van der Waals surface area (Å²) in [5.74, 6) is -0.282. The Kier molecular flexibility index (Phi) is 8.85. The minimum atomic E-state index is -1.24. The zero-order valence-electron chi connectivity index (χ0n) is 20.7. The number of hydrogen-bond donors (Lipinski definition) is 1. The third-order valence-corrected chi connectivity index (χ3v) is 7.11. The lowest BCUT2D eigenvalue weighted by Gasteiger charge is -2.35. The molecule has 180 valence electrons. The monoisotopic (exact) mass is 470 g/mol. The van der Waals surface area contributed by atoms with Crippen molar-refractivity contribution >= 4 is 17.7 Å². The van der Waals surface area contributed by atoms with E-state index in [1.165, 1.54) is 22.4 Å². The van der Waals surface area contributed by atoms with Crippen molar-refractivity contribution in [1.29, 1.82) is 0 Å². The van der Waals surface area contributed by atoms with Crippen molar-refractivity contribution in [2.45, 2.75) is 57.6 Å². The lowest BCUT2D eigenvalue weighted by Crippen LogP contribution is -2.46. The molecule has 1 fully saturated rings. The molecule has 2 aromatic rings. The van der Waals surface area contributed by atoms with E-state index >= 15 is 0 Å². The van der Waals surface area contributed by atoms with Crippen LogP contribution in [0.15, 0.2) is 41.3 Å². The van der Waals surface area contributed by atoms with Gasteiger partial charge < -0.3 is 14.7 Å². The predicted octanol–water partition coefficient (Wildman–Crippen LogP) is 5.02. The third-order valence-electron chi connectivity index (χ3n) is 6.36. The number of carboxylic acids is 1. The first-order chi connectivity index (χ1) is 15.7. The van der Waals surface area contributed by atoms with Crippen molar-refractivity contribution in [3.63, 3.8) is 0 Å². The number of ether oxygens (including phenoxy) is 1. The Balaban J connectivity index is 1.46. The van der Waals surface area contributed by atoms with Crippen LogP contribution in [0.5, 0.6) is 5.75 Å². The van der Waals surface area contributed by atoms with E-state index < -0.39 is 11.6 Å². The summed E-state index contributed by atoms with van der Waals surface area (Å²) < 4.78 is 5.84. The van der Waals surface area contributed by atoms with Gasteiger partial charge in [-0.05, 0) is 87.7 Å². The summed E-state index contributed by atoms with van der Waals surface area (Å²) in [5, 5.41) is 9.37. The normalized spacial score (nSPS) is 15.5. The number of carboxylic acid groups (broad SMARTS) is 1. The second-order valence-electron chi connectivity index (χ2n) is 9.55. The minimum absolute atomic E-state index is 0.680. The van der Waals surface area contributed by atoms with Crippen molar-refractivity contribution in [3.05, 3.63) is 58.7 Å². The van der Waals surface area contributed by atoms with Gasteiger partial charge >= 0.3 is 5.97 Å². The van der Waals surface area contributed by atoms with Gasteiger partial charge in [-0.15, -0.1) is 11.8 Å². The largest absolute Gasteiger partial charge is 0.478 e. The summed E-state index contributed by atoms with van der Waals surface area (Å²) >= 11 is 1.79. The van der Waals surface area contributed by atoms with Crippen LogP contribution in [0.3, 0.4) is 0 Å². The van der Waals surface area contributed by atoms with Gasteiger partial charge in [0.2, 0.25) is 0 Å². The average Bonchev–Trinajstić information content (AvgIpc) is 2.78. The van der Waals surface area contributed by atoms with Crippen molar-refractivity contribution in [2.24, 2.45) is 0 Å². The maximum atomic E-state index is 11.4. The first kappa shape index (κ1) is 25.6. The van der Waals surface area contributed by atoms with Gasteiger partial charge in [-0.2, -0.15) is 0 Å². The van der Waals surface area contributed by atoms with Crippen molar-refractivity contribution in [1.82, 2.24) is 9.80 Å². The van der Waals surface area contributed by atoms with Crippen LogP contribution in [0.25, 0.3) is 0 Å². The van der Waals surface area contributed by atoms with Gasteiger partial charge in [0.1, 0.15) is 5.75 Å². The summed E-state index contributed by atoms with van der Waals surface area (Å²) in [6, 6.07) is 13.2. The van der Waals surface area contributed by atoms with Gasteiger partial charge in [-0.25, -0.2) is 4.79 Å². The molecular formula is C27H38N2O3S. The van der Waals surface area contributed by atoms with Gasteiger partial charge in [0.05, 0.1) is 0 Å². The van der Waals surface area contributed by atoms with Crippen LogP contribution in [0, 0.1) is 13.8 Å². The molecule has 0 aliphatic carbocycles. The predicted molar refractivity (Wildman–Crippen MR) is 137 cm³/mol. The van der Waals surface area contributed by atoms with Gasteiger partial charge in [-0.3, -0.25) is 4.90 Å². The molecule has 1 aliphatic rings. The van der Waals surface area contributed by atoms with E-state index in [1.807, 2.05) is 13.8 Å². The van der Waals surface area contributed by atoms with Gasteiger partial charge in [-0.1, -0.05) is 24.3 Å². The van der Waals surface area contributed by atoms with E-state index in [2.05, 4.69) is 52.5 Å². The van der Waals surface area contributed by atoms with Gasteiger partial charge in [0.15, 0.2) is 5.60 Å². The molecule has 1 aliphatic heterocycles. The van der Waals surface area contributed by atoms with Gasteiger partial charge in [0, 0.05) is 37.6 Å². The molecule has 0 saturated carbocycles. The molecule has 1 N–H and O–H groups in total. The zero-order chi connectivity index (χ0) is 24.0. The standard InChI is InChI=1S/C27H38N2O3S/c1-20-17-23(18-21(2)25(20)32-27(3,4)26(30)31)19-29-15-13-28(14-16-29)12-6-7-22-8-10-24(33-5)11-9-22/h8-11,17-18H,6-7,12-16,19H2,1-5H3,(H,30,31). The Morgan fingerprint density at radius 2 is 1.58 bits per heavy atom. The van der Waals surface area contributed by atoms with Crippen LogP contribution >= 0.6 is 11.8 Å². The van der Waals surface area contributed by atoms with E-state index in [0.29, 0.717) is 5.75 Å². The molecule has 0 radical (unpaired) electrons. The van der Waals surface area contributed by atoms with Crippen molar-refractivity contribution in [2.75, 3.05) is 39.0 Å². The summed E-state index contributed by atoms with van der Waals surface area (Å²) in [6.07, 6.45) is 4.45. The molecule has 0 spiro atoms. The summed E-state index contributed by atoms with van der Waals surface area (Å²) in [7, 11) is 0. The van der Waals surface area contributed by atoms with Gasteiger partial charge in [0.25, 0.3) is 0 Å². The molecule has 0 atom stereocenters. The van der Waals surface area contributed by atoms with E-state index in [9.17, 15) is 9.90 Å². The Morgan fingerprint density at radius 1 is 1.00 bits per heavy atom. The number of thioether (sulfide) groups is 1. The SMILES string of the molecule is CSc1ccc(CCCN2CCN(Cc3cc(C)c(OC(C)(C)C(=O)O)c(C)c3)CC2)cc1. The topological polar surface area (TPSA) is 53.0 Å². The Hall–Kier alpha value is -2.02. The molecule has 3 rings (SSSR count). The molecule has 6 heteroatoms. The van der Waals surface area contributed by atoms with Crippen LogP contribution in [0.2, 0.25) is 0 Å². The van der Waals surface area contributed by atoms with E-state index in [0.717, 1.165) is 56.8 Å². The highest BCUT2D eigenvalue weighted by atomic mass is 32.2. The molecule has 0 bridgehead atoms. The number of nitrogens with zero attached hydrogens (tertiary/aromatic N) is 2. The average molecular weight is 471 g/mol. The number of aliphatic carboxylic acids is 1. The summed E-state index contributed by atoms with van der Waals surface area (Å²) in [6.45, 7) is 13.6. The number of benzene rings is 2. The molecule has 0 aromatic heterocycles. The Bertz CT molecular complexity index is 912. The Morgan fingerprint density at radius 3 is 2.12 bits per heavy atom. The second kappa shape index (κ2) is 11.4. The molecular weight excluding hydrogens is 432 g/mol. The van der Waals surface area contributed by atoms with Crippen LogP contribution in [0.4, 0.5) is 0 Å². The molecule has 1 saturated heterocycles. The highest BCUT2D eigenvalue weighted by Gasteiger charge is 2.30. The lowest BCUT2D eigenvalue weighted by atomic mass is 10.0. The maximum absolute atomic E-state index is 11.4. The van der Waals surface area contributed by atoms with Crippen LogP contribution < -0.4 is 4.74 Å². The minimum Gasteiger partial charge on any atom is -0.478 e. The molecule has 0 unspecified atom stereocenters. The number of rotatable bonds is 10. The number of carbonyl (C=O) groups is 1. The number of piperazine rings is 1. The first-order valence-corrected chi connectivity index (χ1v) is 13.0. The fourth-order valence-corrected chi connectivity index (χ4v) is 4.73. The molecule has 2 aromatic carbocycles. The molecule has 33 heavy (non-hydrogen) atoms. The molecule has 1 heterocycles. The first-order valence-electron chi connectivity index (χ1n) is 11.8. The van der Waals surface area contributed by atoms with Crippen molar-refractivity contribution < 1.29 is 14.6 Å². The summed E-state index contributed by atoms with van der Waals surface area (Å²) in [5.41, 5.74) is 3.42. The van der Waals surface area contributed by atoms with E-state index in [4.69, 9.17) is 4.74 Å². The third kappa shape index (κ3) is 7.23. The Labute approximate surface area is 203 Å². The number of hydrogen-bond acceptors (Lipinski definition) is 5. The van der Waals surface area contributed by atoms with E-state index in [-0.39, 0.29) is 0 Å². The molecule has 0 amide bonds. The van der Waals surface area contributed by atoms with E-state index in [1.54, 1.807) is 25.6 Å².